The monoisotopic (exact) mass is 493 g/mol. The van der Waals surface area contributed by atoms with Gasteiger partial charge in [-0.2, -0.15) is 8.42 Å². The number of ether oxygens (including phenoxy) is 1. The summed E-state index contributed by atoms with van der Waals surface area (Å²) in [6.45, 7) is -0.219. The van der Waals surface area contributed by atoms with Crippen LogP contribution in [0.4, 0.5) is 24.5 Å². The average Bonchev–Trinajstić information content (AvgIpc) is 3.07. The van der Waals surface area contributed by atoms with E-state index >= 15 is 4.39 Å². The quantitative estimate of drug-likeness (QED) is 0.437. The minimum atomic E-state index is -4.28. The van der Waals surface area contributed by atoms with Crippen molar-refractivity contribution in [2.75, 3.05) is 22.7 Å². The largest absolute Gasteiger partial charge is 0.487 e. The van der Waals surface area contributed by atoms with E-state index in [4.69, 9.17) is 4.74 Å². The first-order chi connectivity index (χ1) is 16.2. The van der Waals surface area contributed by atoms with Gasteiger partial charge < -0.3 is 10.1 Å². The molecule has 0 saturated carbocycles. The molecule has 0 bridgehead atoms. The van der Waals surface area contributed by atoms with Crippen LogP contribution in [0.25, 0.3) is 10.8 Å². The van der Waals surface area contributed by atoms with Gasteiger partial charge in [-0.15, -0.1) is 0 Å². The Morgan fingerprint density at radius 1 is 1.12 bits per heavy atom. The molecule has 1 amide bonds. The summed E-state index contributed by atoms with van der Waals surface area (Å²) in [5.74, 6) is -1.69. The Morgan fingerprint density at radius 2 is 1.88 bits per heavy atom. The third-order valence-electron chi connectivity index (χ3n) is 5.25. The highest BCUT2D eigenvalue weighted by Gasteiger charge is 2.38. The van der Waals surface area contributed by atoms with Crippen LogP contribution in [0.3, 0.4) is 0 Å². The number of carbonyl (C=O) groups is 1. The topological polar surface area (TPSA) is 87.7 Å². The number of fused-ring (bicyclic) bond motifs is 1. The van der Waals surface area contributed by atoms with Crippen LogP contribution in [0.15, 0.2) is 54.6 Å². The van der Waals surface area contributed by atoms with E-state index in [2.05, 4.69) is 5.32 Å². The number of benzene rings is 3. The van der Waals surface area contributed by atoms with Gasteiger partial charge in [0.15, 0.2) is 5.82 Å². The first-order valence-corrected chi connectivity index (χ1v) is 12.0. The summed E-state index contributed by atoms with van der Waals surface area (Å²) in [6, 6.07) is 15.2. The van der Waals surface area contributed by atoms with E-state index in [1.165, 1.54) is 12.1 Å². The summed E-state index contributed by atoms with van der Waals surface area (Å²) >= 11 is 0. The van der Waals surface area contributed by atoms with Gasteiger partial charge in [0, 0.05) is 24.0 Å². The molecule has 0 atom stereocenters. The van der Waals surface area contributed by atoms with Gasteiger partial charge in [0.05, 0.1) is 0 Å². The van der Waals surface area contributed by atoms with Crippen LogP contribution in [0.2, 0.25) is 0 Å². The lowest BCUT2D eigenvalue weighted by molar-refractivity contribution is -0.117. The van der Waals surface area contributed by atoms with Gasteiger partial charge in [-0.25, -0.2) is 22.2 Å². The maximum absolute atomic E-state index is 15.7. The van der Waals surface area contributed by atoms with Gasteiger partial charge in [-0.3, -0.25) is 4.79 Å². The van der Waals surface area contributed by atoms with Crippen molar-refractivity contribution in [1.29, 1.82) is 0 Å². The zero-order valence-electron chi connectivity index (χ0n) is 17.9. The number of anilines is 2. The Bertz CT molecular complexity index is 1300. The number of nitrogens with one attached hydrogen (secondary N) is 2. The highest BCUT2D eigenvalue weighted by Crippen LogP contribution is 2.40. The van der Waals surface area contributed by atoms with Gasteiger partial charge in [-0.1, -0.05) is 30.3 Å². The van der Waals surface area contributed by atoms with E-state index < -0.39 is 34.9 Å². The number of rotatable bonds is 9. The highest BCUT2D eigenvalue weighted by atomic mass is 32.2. The summed E-state index contributed by atoms with van der Waals surface area (Å²) in [5.41, 5.74) is 1.01. The van der Waals surface area contributed by atoms with Crippen molar-refractivity contribution < 1.29 is 31.1 Å². The van der Waals surface area contributed by atoms with Crippen LogP contribution in [0, 0.1) is 5.82 Å². The molecule has 1 aliphatic rings. The fourth-order valence-corrected chi connectivity index (χ4v) is 4.81. The second-order valence-electron chi connectivity index (χ2n) is 7.74. The van der Waals surface area contributed by atoms with Crippen molar-refractivity contribution in [2.24, 2.45) is 0 Å². The molecule has 0 radical (unpaired) electrons. The van der Waals surface area contributed by atoms with Crippen molar-refractivity contribution >= 4 is 38.3 Å². The van der Waals surface area contributed by atoms with Crippen molar-refractivity contribution in [2.45, 2.75) is 25.9 Å². The standard InChI is InChI=1S/C23H22F3N3O4S/c24-20(25)7-4-10-27-17-8-9-18-16(11-17)12-19(33-14-15-5-2-1-3-6-15)23(22(18)26)29-13-21(30)28-34(29,31)32/h1-3,5-6,8-9,11-12,20,27H,4,7,10,13-14H2,(H,28,30). The number of hydrogen-bond acceptors (Lipinski definition) is 5. The number of carbonyl (C=O) groups excluding carboxylic acids is 1. The molecule has 0 aromatic heterocycles. The minimum Gasteiger partial charge on any atom is -0.487 e. The van der Waals surface area contributed by atoms with Crippen molar-refractivity contribution in [3.8, 4) is 5.75 Å². The smallest absolute Gasteiger partial charge is 0.326 e. The van der Waals surface area contributed by atoms with E-state index in [1.54, 1.807) is 36.4 Å². The first-order valence-electron chi connectivity index (χ1n) is 10.5. The van der Waals surface area contributed by atoms with Gasteiger partial charge in [0.2, 0.25) is 6.43 Å². The van der Waals surface area contributed by atoms with E-state index in [-0.39, 0.29) is 36.3 Å². The summed E-state index contributed by atoms with van der Waals surface area (Å²) in [5, 5.41) is 3.56. The maximum atomic E-state index is 15.7. The fourth-order valence-electron chi connectivity index (χ4n) is 3.65. The van der Waals surface area contributed by atoms with E-state index in [9.17, 15) is 22.0 Å². The molecule has 7 nitrogen and oxygen atoms in total. The normalized spacial score (nSPS) is 15.1. The maximum Gasteiger partial charge on any atom is 0.326 e. The Labute approximate surface area is 194 Å². The molecule has 0 spiro atoms. The molecule has 11 heteroatoms. The number of hydrogen-bond donors (Lipinski definition) is 2. The number of nitrogens with zero attached hydrogens (tertiary/aromatic N) is 1. The minimum absolute atomic E-state index is 0.0413. The highest BCUT2D eigenvalue weighted by molar-refractivity contribution is 7.92. The molecule has 3 aromatic carbocycles. The zero-order chi connectivity index (χ0) is 24.3. The van der Waals surface area contributed by atoms with Crippen molar-refractivity contribution in [3.05, 3.63) is 66.0 Å². The van der Waals surface area contributed by atoms with Gasteiger partial charge in [-0.05, 0) is 41.6 Å². The lowest BCUT2D eigenvalue weighted by Crippen LogP contribution is -2.30. The van der Waals surface area contributed by atoms with E-state index in [0.717, 1.165) is 5.56 Å². The summed E-state index contributed by atoms with van der Waals surface area (Å²) in [4.78, 5) is 11.8. The summed E-state index contributed by atoms with van der Waals surface area (Å²) in [6.07, 6.45) is -2.34. The Balaban J connectivity index is 1.71. The molecule has 3 aromatic rings. The number of halogens is 3. The Kier molecular flexibility index (Phi) is 6.82. The Hall–Kier alpha value is -3.47. The van der Waals surface area contributed by atoms with Gasteiger partial charge in [0.1, 0.15) is 24.6 Å². The number of alkyl halides is 2. The van der Waals surface area contributed by atoms with Crippen LogP contribution in [0.1, 0.15) is 18.4 Å². The molecule has 1 heterocycles. The van der Waals surface area contributed by atoms with Crippen LogP contribution >= 0.6 is 0 Å². The second-order valence-corrected chi connectivity index (χ2v) is 9.34. The summed E-state index contributed by atoms with van der Waals surface area (Å²) < 4.78 is 73.6. The number of amides is 1. The lowest BCUT2D eigenvalue weighted by atomic mass is 10.1. The van der Waals surface area contributed by atoms with Crippen LogP contribution in [-0.2, 0) is 21.6 Å². The SMILES string of the molecule is O=C1CN(c2c(OCc3ccccc3)cc3cc(NCCCC(F)F)ccc3c2F)S(=O)(=O)N1. The third-order valence-corrected chi connectivity index (χ3v) is 6.63. The molecule has 0 unspecified atom stereocenters. The predicted molar refractivity (Wildman–Crippen MR) is 123 cm³/mol. The van der Waals surface area contributed by atoms with Gasteiger partial charge in [0.25, 0.3) is 5.91 Å². The molecule has 1 fully saturated rings. The molecular formula is C23H22F3N3O4S. The van der Waals surface area contributed by atoms with Crippen LogP contribution in [0.5, 0.6) is 5.75 Å². The molecule has 1 aliphatic heterocycles. The zero-order valence-corrected chi connectivity index (χ0v) is 18.7. The van der Waals surface area contributed by atoms with Crippen LogP contribution in [-0.4, -0.2) is 33.8 Å². The van der Waals surface area contributed by atoms with Crippen molar-refractivity contribution in [1.82, 2.24) is 4.72 Å². The molecule has 1 saturated heterocycles. The van der Waals surface area contributed by atoms with Crippen LogP contribution < -0.4 is 19.1 Å². The lowest BCUT2D eigenvalue weighted by Gasteiger charge is -2.21. The molecular weight excluding hydrogens is 471 g/mol. The van der Waals surface area contributed by atoms with E-state index in [0.29, 0.717) is 21.9 Å². The average molecular weight is 494 g/mol. The molecule has 2 N–H and O–H groups in total. The third kappa shape index (κ3) is 5.19. The molecule has 4 rings (SSSR count). The fraction of sp³-hybridized carbons (Fsp3) is 0.261. The second kappa shape index (κ2) is 9.80. The van der Waals surface area contributed by atoms with Gasteiger partial charge >= 0.3 is 10.2 Å². The predicted octanol–water partition coefficient (Wildman–Crippen LogP) is 4.20. The van der Waals surface area contributed by atoms with E-state index in [1.807, 2.05) is 10.8 Å². The Morgan fingerprint density at radius 3 is 2.56 bits per heavy atom. The first kappa shape index (κ1) is 23.7. The van der Waals surface area contributed by atoms with Crippen molar-refractivity contribution in [3.63, 3.8) is 0 Å². The molecule has 0 aliphatic carbocycles. The molecule has 180 valence electrons. The summed E-state index contributed by atoms with van der Waals surface area (Å²) in [7, 11) is -4.28. The molecule has 34 heavy (non-hydrogen) atoms.